The molecule has 1 fully saturated rings. The predicted octanol–water partition coefficient (Wildman–Crippen LogP) is 4.55. The van der Waals surface area contributed by atoms with Gasteiger partial charge in [-0.05, 0) is 69.7 Å². The third-order valence-electron chi connectivity index (χ3n) is 4.71. The van der Waals surface area contributed by atoms with Gasteiger partial charge in [-0.3, -0.25) is 14.4 Å². The highest BCUT2D eigenvalue weighted by molar-refractivity contribution is 6.66. The van der Waals surface area contributed by atoms with E-state index in [4.69, 9.17) is 16.3 Å². The molecule has 0 bridgehead atoms. The van der Waals surface area contributed by atoms with E-state index < -0.39 is 10.8 Å². The maximum Gasteiger partial charge on any atom is 0.245 e. The molecule has 5 heteroatoms. The lowest BCUT2D eigenvalue weighted by Gasteiger charge is -2.27. The molecule has 1 unspecified atom stereocenters. The Kier molecular flexibility index (Phi) is 8.74. The summed E-state index contributed by atoms with van der Waals surface area (Å²) < 4.78 is 5.81. The van der Waals surface area contributed by atoms with E-state index in [0.717, 1.165) is 24.0 Å². The molecule has 1 heterocycles. The van der Waals surface area contributed by atoms with Crippen molar-refractivity contribution in [1.82, 2.24) is 0 Å². The van der Waals surface area contributed by atoms with Crippen LogP contribution in [-0.4, -0.2) is 29.0 Å². The normalized spacial score (nSPS) is 23.9. The van der Waals surface area contributed by atoms with Gasteiger partial charge in [-0.1, -0.05) is 18.6 Å². The summed E-state index contributed by atoms with van der Waals surface area (Å²) >= 11 is 5.37. The van der Waals surface area contributed by atoms with E-state index in [1.54, 1.807) is 6.92 Å². The van der Waals surface area contributed by atoms with Crippen LogP contribution in [-0.2, 0) is 19.1 Å². The first-order valence-corrected chi connectivity index (χ1v) is 9.24. The van der Waals surface area contributed by atoms with E-state index in [0.29, 0.717) is 25.7 Å². The summed E-state index contributed by atoms with van der Waals surface area (Å²) in [6.07, 6.45) is 6.67. The van der Waals surface area contributed by atoms with Crippen LogP contribution in [0.4, 0.5) is 0 Å². The lowest BCUT2D eigenvalue weighted by Crippen LogP contribution is -2.37. The molecule has 1 aliphatic heterocycles. The second kappa shape index (κ2) is 10.0. The number of halogens is 1. The van der Waals surface area contributed by atoms with Gasteiger partial charge in [0, 0.05) is 18.8 Å². The predicted molar refractivity (Wildman–Crippen MR) is 99.6 cm³/mol. The molecule has 2 atom stereocenters. The summed E-state index contributed by atoms with van der Waals surface area (Å²) in [5.41, 5.74) is 1.04. The number of Topliss-reactive ketones (excluding diaryl/α,β-unsaturated/α-hetero) is 2. The molecular formula is C20H29ClO4. The van der Waals surface area contributed by atoms with E-state index in [2.05, 4.69) is 0 Å². The van der Waals surface area contributed by atoms with Crippen LogP contribution in [0.15, 0.2) is 23.3 Å². The highest BCUT2D eigenvalue weighted by atomic mass is 35.5. The van der Waals surface area contributed by atoms with Crippen LogP contribution in [0.3, 0.4) is 0 Å². The van der Waals surface area contributed by atoms with Crippen molar-refractivity contribution >= 4 is 28.4 Å². The molecule has 0 aliphatic carbocycles. The average Bonchev–Trinajstić information content (AvgIpc) is 2.66. The Morgan fingerprint density at radius 3 is 2.60 bits per heavy atom. The van der Waals surface area contributed by atoms with Crippen molar-refractivity contribution in [3.63, 3.8) is 0 Å². The van der Waals surface area contributed by atoms with Crippen molar-refractivity contribution in [3.05, 3.63) is 23.3 Å². The van der Waals surface area contributed by atoms with E-state index in [1.165, 1.54) is 6.08 Å². The standard InChI is InChI=1S/C20H29ClO4/c1-14(2)7-9-17(22)15(3)6-5-11-20(4)18(23)10-8-16(13-25-20)12-19(21)24/h7,12,15H,5-6,8-11,13H2,1-4H3/t15?,20-/m0/s1. The van der Waals surface area contributed by atoms with Crippen molar-refractivity contribution in [2.75, 3.05) is 6.61 Å². The fourth-order valence-corrected chi connectivity index (χ4v) is 3.00. The molecule has 0 aromatic rings. The quantitative estimate of drug-likeness (QED) is 0.358. The summed E-state index contributed by atoms with van der Waals surface area (Å²) in [7, 11) is 0. The number of carbonyl (C=O) groups excluding carboxylic acids is 3. The van der Waals surface area contributed by atoms with Crippen molar-refractivity contribution in [2.24, 2.45) is 5.92 Å². The van der Waals surface area contributed by atoms with Crippen LogP contribution in [0.1, 0.15) is 66.2 Å². The number of allylic oxidation sites excluding steroid dienone is 3. The van der Waals surface area contributed by atoms with Gasteiger partial charge in [-0.15, -0.1) is 0 Å². The second-order valence-electron chi connectivity index (χ2n) is 7.29. The topological polar surface area (TPSA) is 60.4 Å². The lowest BCUT2D eigenvalue weighted by atomic mass is 9.88. The van der Waals surface area contributed by atoms with E-state index in [1.807, 2.05) is 26.8 Å². The number of carbonyl (C=O) groups is 3. The molecule has 25 heavy (non-hydrogen) atoms. The van der Waals surface area contributed by atoms with Crippen molar-refractivity contribution < 1.29 is 19.1 Å². The monoisotopic (exact) mass is 368 g/mol. The van der Waals surface area contributed by atoms with Gasteiger partial charge in [-0.2, -0.15) is 0 Å². The highest BCUT2D eigenvalue weighted by Gasteiger charge is 2.35. The Labute approximate surface area is 155 Å². The fourth-order valence-electron chi connectivity index (χ4n) is 2.84. The number of hydrogen-bond donors (Lipinski definition) is 0. The zero-order chi connectivity index (χ0) is 19.0. The van der Waals surface area contributed by atoms with Crippen molar-refractivity contribution in [1.29, 1.82) is 0 Å². The first-order chi connectivity index (χ1) is 11.6. The van der Waals surface area contributed by atoms with Crippen LogP contribution >= 0.6 is 11.6 Å². The Morgan fingerprint density at radius 1 is 1.32 bits per heavy atom. The Bertz CT molecular complexity index is 572. The third kappa shape index (κ3) is 7.66. The van der Waals surface area contributed by atoms with Crippen LogP contribution in [0.25, 0.3) is 0 Å². The Morgan fingerprint density at radius 2 is 2.00 bits per heavy atom. The van der Waals surface area contributed by atoms with Gasteiger partial charge in [0.25, 0.3) is 0 Å². The van der Waals surface area contributed by atoms with E-state index >= 15 is 0 Å². The minimum absolute atomic E-state index is 0.0237. The molecule has 0 radical (unpaired) electrons. The third-order valence-corrected chi connectivity index (χ3v) is 4.82. The minimum Gasteiger partial charge on any atom is -0.363 e. The fraction of sp³-hybridized carbons (Fsp3) is 0.650. The minimum atomic E-state index is -0.854. The van der Waals surface area contributed by atoms with Gasteiger partial charge in [-0.25, -0.2) is 0 Å². The molecule has 0 N–H and O–H groups in total. The van der Waals surface area contributed by atoms with Crippen molar-refractivity contribution in [3.8, 4) is 0 Å². The molecule has 0 saturated carbocycles. The zero-order valence-corrected chi connectivity index (χ0v) is 16.4. The summed E-state index contributed by atoms with van der Waals surface area (Å²) in [5, 5.41) is -0.543. The largest absolute Gasteiger partial charge is 0.363 e. The zero-order valence-electron chi connectivity index (χ0n) is 15.7. The molecule has 0 spiro atoms. The maximum absolute atomic E-state index is 12.4. The summed E-state index contributed by atoms with van der Waals surface area (Å²) in [6, 6.07) is 0. The molecule has 0 amide bonds. The molecule has 4 nitrogen and oxygen atoms in total. The lowest BCUT2D eigenvalue weighted by molar-refractivity contribution is -0.140. The van der Waals surface area contributed by atoms with E-state index in [-0.39, 0.29) is 24.1 Å². The molecule has 140 valence electrons. The average molecular weight is 369 g/mol. The molecule has 1 aliphatic rings. The number of hydrogen-bond acceptors (Lipinski definition) is 4. The van der Waals surface area contributed by atoms with Crippen molar-refractivity contribution in [2.45, 2.75) is 71.8 Å². The SMILES string of the molecule is CC(C)=CCC(=O)C(C)CCC[C@]1(C)OCC(=CC(=O)Cl)CCC1=O. The molecule has 0 aromatic heterocycles. The summed E-state index contributed by atoms with van der Waals surface area (Å²) in [5.74, 6) is 0.246. The number of rotatable bonds is 8. The van der Waals surface area contributed by atoms with Gasteiger partial charge >= 0.3 is 0 Å². The van der Waals surface area contributed by atoms with Gasteiger partial charge < -0.3 is 4.74 Å². The number of ketones is 2. The molecule has 1 rings (SSSR count). The van der Waals surface area contributed by atoms with Crippen LogP contribution in [0, 0.1) is 5.92 Å². The van der Waals surface area contributed by atoms with Gasteiger partial charge in [0.2, 0.25) is 5.24 Å². The smallest absolute Gasteiger partial charge is 0.245 e. The van der Waals surface area contributed by atoms with E-state index in [9.17, 15) is 14.4 Å². The second-order valence-corrected chi connectivity index (χ2v) is 7.67. The number of ether oxygens (including phenoxy) is 1. The summed E-state index contributed by atoms with van der Waals surface area (Å²) in [4.78, 5) is 35.5. The highest BCUT2D eigenvalue weighted by Crippen LogP contribution is 2.29. The maximum atomic E-state index is 12.4. The van der Waals surface area contributed by atoms with Crippen LogP contribution < -0.4 is 0 Å². The first kappa shape index (κ1) is 21.8. The first-order valence-electron chi connectivity index (χ1n) is 8.86. The van der Waals surface area contributed by atoms with Crippen LogP contribution in [0.2, 0.25) is 0 Å². The van der Waals surface area contributed by atoms with Gasteiger partial charge in [0.05, 0.1) is 6.61 Å². The molecule has 1 saturated heterocycles. The molecular weight excluding hydrogens is 340 g/mol. The van der Waals surface area contributed by atoms with Gasteiger partial charge in [0.1, 0.15) is 11.4 Å². The molecule has 0 aromatic carbocycles. The summed E-state index contributed by atoms with van der Waals surface area (Å²) in [6.45, 7) is 7.95. The Hall–Kier alpha value is -1.26. The Balaban J connectivity index is 2.54. The van der Waals surface area contributed by atoms with Gasteiger partial charge in [0.15, 0.2) is 5.78 Å². The van der Waals surface area contributed by atoms with Crippen LogP contribution in [0.5, 0.6) is 0 Å².